The second kappa shape index (κ2) is 19.8. The molecule has 0 aliphatic carbocycles. The molecule has 0 saturated carbocycles. The van der Waals surface area contributed by atoms with Crippen LogP contribution in [-0.4, -0.2) is 47.5 Å². The summed E-state index contributed by atoms with van der Waals surface area (Å²) in [5.41, 5.74) is 0. The van der Waals surface area contributed by atoms with Crippen molar-refractivity contribution in [2.24, 2.45) is 11.8 Å². The molecule has 0 bridgehead atoms. The van der Waals surface area contributed by atoms with Crippen molar-refractivity contribution in [3.8, 4) is 0 Å². The third-order valence-corrected chi connectivity index (χ3v) is 2.86. The number of aliphatic carboxylic acids is 2. The van der Waals surface area contributed by atoms with Gasteiger partial charge in [0.05, 0.1) is 23.8 Å². The molecule has 0 aliphatic heterocycles. The van der Waals surface area contributed by atoms with Crippen molar-refractivity contribution >= 4 is 40.9 Å². The largest absolute Gasteiger partial charge is 3.00 e. The van der Waals surface area contributed by atoms with E-state index in [1.807, 2.05) is 6.92 Å². The quantitative estimate of drug-likeness (QED) is 0.379. The van der Waals surface area contributed by atoms with Crippen LogP contribution in [-0.2, 0) is 19.2 Å². The molecule has 0 N–H and O–H groups in total. The first kappa shape index (κ1) is 30.6. The van der Waals surface area contributed by atoms with Crippen LogP contribution >= 0.6 is 0 Å². The van der Waals surface area contributed by atoms with E-state index in [0.717, 1.165) is 12.8 Å². The van der Waals surface area contributed by atoms with Gasteiger partial charge in [-0.25, -0.2) is 0 Å². The number of hydrogen-bond donors (Lipinski definition) is 0. The third-order valence-electron chi connectivity index (χ3n) is 2.86. The molecule has 0 saturated heterocycles. The molecule has 2 atom stereocenters. The predicted octanol–water partition coefficient (Wildman–Crippen LogP) is -1.53. The predicted molar refractivity (Wildman–Crippen MR) is 84.5 cm³/mol. The zero-order chi connectivity index (χ0) is 19.0. The Morgan fingerprint density at radius 2 is 1.08 bits per heavy atom. The zero-order valence-corrected chi connectivity index (χ0v) is 16.3. The van der Waals surface area contributed by atoms with Gasteiger partial charge in [-0.15, -0.1) is 6.61 Å². The van der Waals surface area contributed by atoms with Gasteiger partial charge in [0.2, 0.25) is 0 Å². The van der Waals surface area contributed by atoms with E-state index in [2.05, 4.69) is 0 Å². The number of hydrogen-bond acceptors (Lipinski definition) is 7. The van der Waals surface area contributed by atoms with Crippen molar-refractivity contribution < 1.29 is 34.5 Å². The fraction of sp³-hybridized carbons (Fsp3) is 0.750. The van der Waals surface area contributed by atoms with Gasteiger partial charge in [-0.05, 0) is 26.7 Å². The van der Waals surface area contributed by atoms with Crippen molar-refractivity contribution in [1.29, 1.82) is 0 Å². The van der Waals surface area contributed by atoms with Crippen LogP contribution in [0, 0.1) is 11.8 Å². The third kappa shape index (κ3) is 18.8. The first-order valence-electron chi connectivity index (χ1n) is 7.61. The van der Waals surface area contributed by atoms with E-state index in [0.29, 0.717) is 12.8 Å². The molecule has 0 aromatic carbocycles. The molecule has 24 heavy (non-hydrogen) atoms. The maximum Gasteiger partial charge on any atom is 3.00 e. The van der Waals surface area contributed by atoms with Gasteiger partial charge in [-0.2, -0.15) is 0 Å². The number of carbonyl (C=O) groups excluding carboxylic acids is 4. The first-order chi connectivity index (χ1) is 10.6. The van der Waals surface area contributed by atoms with Crippen LogP contribution in [0.1, 0.15) is 60.3 Å². The minimum atomic E-state index is -1.27. The van der Waals surface area contributed by atoms with Crippen LogP contribution in [0.3, 0.4) is 0 Å². The minimum Gasteiger partial charge on any atom is -0.854 e. The Morgan fingerprint density at radius 1 is 0.792 bits per heavy atom. The molecule has 7 nitrogen and oxygen atoms in total. The second-order valence-electron chi connectivity index (χ2n) is 4.84. The zero-order valence-electron chi connectivity index (χ0n) is 15.1. The normalized spacial score (nSPS) is 11.2. The van der Waals surface area contributed by atoms with Crippen LogP contribution in [0.4, 0.5) is 0 Å². The van der Waals surface area contributed by atoms with E-state index in [1.165, 1.54) is 13.8 Å². The van der Waals surface area contributed by atoms with Crippen LogP contribution in [0.25, 0.3) is 0 Å². The summed E-state index contributed by atoms with van der Waals surface area (Å²) in [4.78, 5) is 40.9. The molecule has 0 rings (SSSR count). The molecule has 0 aromatic rings. The number of carbonyl (C=O) groups is 4. The fourth-order valence-electron chi connectivity index (χ4n) is 1.38. The second-order valence-corrected chi connectivity index (χ2v) is 4.84. The van der Waals surface area contributed by atoms with E-state index < -0.39 is 23.8 Å². The maximum atomic E-state index is 10.4. The molecule has 0 aromatic heterocycles. The van der Waals surface area contributed by atoms with Crippen molar-refractivity contribution in [2.45, 2.75) is 60.3 Å². The SMILES string of the molecule is CCC(C(C)=O)C(=O)[O-].CCC(C(C)=O)C(=O)[O-].CCCC[O-].[Al+3]. The summed E-state index contributed by atoms with van der Waals surface area (Å²) in [6.07, 6.45) is 2.50. The summed E-state index contributed by atoms with van der Waals surface area (Å²) < 4.78 is 0. The Kier molecular flexibility index (Phi) is 25.3. The van der Waals surface area contributed by atoms with Gasteiger partial charge < -0.3 is 24.9 Å². The maximum absolute atomic E-state index is 10.4. The molecule has 0 spiro atoms. The molecule has 2 unspecified atom stereocenters. The minimum absolute atomic E-state index is 0. The van der Waals surface area contributed by atoms with Crippen LogP contribution < -0.4 is 15.3 Å². The van der Waals surface area contributed by atoms with Crippen LogP contribution in [0.15, 0.2) is 0 Å². The van der Waals surface area contributed by atoms with Crippen LogP contribution in [0.5, 0.6) is 0 Å². The summed E-state index contributed by atoms with van der Waals surface area (Å²) in [5.74, 6) is -5.04. The topological polar surface area (TPSA) is 137 Å². The van der Waals surface area contributed by atoms with E-state index in [1.54, 1.807) is 13.8 Å². The summed E-state index contributed by atoms with van der Waals surface area (Å²) in [6, 6.07) is 0. The monoisotopic (exact) mass is 358 g/mol. The van der Waals surface area contributed by atoms with E-state index in [9.17, 15) is 34.5 Å². The van der Waals surface area contributed by atoms with Crippen molar-refractivity contribution in [3.63, 3.8) is 0 Å². The summed E-state index contributed by atoms with van der Waals surface area (Å²) >= 11 is 0. The Balaban J connectivity index is -0.000000128. The van der Waals surface area contributed by atoms with E-state index in [4.69, 9.17) is 0 Å². The molecule has 0 fully saturated rings. The number of Topliss-reactive ketones (excluding diaryl/α,β-unsaturated/α-hetero) is 2. The molecule has 0 heterocycles. The number of carboxylic acid groups (broad SMARTS) is 2. The van der Waals surface area contributed by atoms with Gasteiger partial charge in [-0.1, -0.05) is 33.6 Å². The summed E-state index contributed by atoms with van der Waals surface area (Å²) in [5, 5.41) is 29.6. The number of rotatable bonds is 8. The Bertz CT molecular complexity index is 307. The molecule has 136 valence electrons. The summed E-state index contributed by atoms with van der Waals surface area (Å²) in [7, 11) is 0. The number of carboxylic acids is 2. The number of ketones is 2. The molecular formula is C16H27AlO7. The molecule has 8 heteroatoms. The van der Waals surface area contributed by atoms with E-state index in [-0.39, 0.29) is 35.5 Å². The Hall–Kier alpha value is -1.23. The number of unbranched alkanes of at least 4 members (excludes halogenated alkanes) is 1. The van der Waals surface area contributed by atoms with Gasteiger partial charge in [0, 0.05) is 0 Å². The first-order valence-corrected chi connectivity index (χ1v) is 7.61. The smallest absolute Gasteiger partial charge is 0.854 e. The Morgan fingerprint density at radius 3 is 1.08 bits per heavy atom. The average Bonchev–Trinajstić information content (AvgIpc) is 2.40. The molecule has 0 radical (unpaired) electrons. The van der Waals surface area contributed by atoms with Crippen molar-refractivity contribution in [2.75, 3.05) is 6.61 Å². The van der Waals surface area contributed by atoms with Crippen molar-refractivity contribution in [3.05, 3.63) is 0 Å². The van der Waals surface area contributed by atoms with Gasteiger partial charge in [0.25, 0.3) is 0 Å². The van der Waals surface area contributed by atoms with E-state index >= 15 is 0 Å². The van der Waals surface area contributed by atoms with Crippen molar-refractivity contribution in [1.82, 2.24) is 0 Å². The molecule has 0 amide bonds. The van der Waals surface area contributed by atoms with Crippen LogP contribution in [0.2, 0.25) is 0 Å². The standard InChI is InChI=1S/2C6H10O3.C4H9O.Al/c2*1-3-5(4(2)7)6(8)9;1-2-3-4-5;/h2*5H,3H2,1-2H3,(H,8,9);2-4H2,1H3;/q;;-1;+3/p-2. The van der Waals surface area contributed by atoms with Gasteiger partial charge in [0.15, 0.2) is 0 Å². The average molecular weight is 358 g/mol. The van der Waals surface area contributed by atoms with Gasteiger partial charge in [-0.3, -0.25) is 9.59 Å². The summed E-state index contributed by atoms with van der Waals surface area (Å²) in [6.45, 7) is 7.89. The molecule has 0 aliphatic rings. The fourth-order valence-corrected chi connectivity index (χ4v) is 1.38. The Labute approximate surface area is 154 Å². The van der Waals surface area contributed by atoms with Gasteiger partial charge >= 0.3 is 17.4 Å². The molecular weight excluding hydrogens is 331 g/mol. The van der Waals surface area contributed by atoms with Gasteiger partial charge in [0.1, 0.15) is 11.6 Å².